The summed E-state index contributed by atoms with van der Waals surface area (Å²) in [5.41, 5.74) is 4.53. The van der Waals surface area contributed by atoms with Crippen molar-refractivity contribution in [3.8, 4) is 17.2 Å². The number of ether oxygens (including phenoxy) is 1. The Kier molecular flexibility index (Phi) is 7.53. The third-order valence-electron chi connectivity index (χ3n) is 5.94. The summed E-state index contributed by atoms with van der Waals surface area (Å²) in [5.74, 6) is 1.43. The zero-order valence-electron chi connectivity index (χ0n) is 19.7. The van der Waals surface area contributed by atoms with Crippen molar-refractivity contribution in [3.05, 3.63) is 76.8 Å². The second-order valence-corrected chi connectivity index (χ2v) is 8.84. The Hall–Kier alpha value is -3.31. The first-order valence-corrected chi connectivity index (χ1v) is 12.1. The van der Waals surface area contributed by atoms with Crippen LogP contribution < -0.4 is 10.1 Å². The van der Waals surface area contributed by atoms with Crippen LogP contribution in [0.1, 0.15) is 61.9 Å². The third-order valence-corrected chi connectivity index (χ3v) is 6.27. The summed E-state index contributed by atoms with van der Waals surface area (Å²) in [5, 5.41) is 3.33. The number of anilines is 1. The molecule has 1 aromatic heterocycles. The van der Waals surface area contributed by atoms with Crippen LogP contribution >= 0.6 is 11.6 Å². The number of halogens is 1. The molecule has 0 unspecified atom stereocenters. The lowest BCUT2D eigenvalue weighted by Gasteiger charge is -2.10. The molecule has 1 atom stereocenters. The van der Waals surface area contributed by atoms with Crippen molar-refractivity contribution in [2.24, 2.45) is 0 Å². The number of nitrogens with one attached hydrogen (secondary N) is 1. The van der Waals surface area contributed by atoms with Gasteiger partial charge in [0, 0.05) is 11.1 Å². The molecular weight excluding hydrogens is 448 g/mol. The molecule has 0 aliphatic heterocycles. The molecule has 0 saturated carbocycles. The van der Waals surface area contributed by atoms with Gasteiger partial charge in [-0.3, -0.25) is 4.79 Å². The van der Waals surface area contributed by atoms with Crippen molar-refractivity contribution in [1.29, 1.82) is 0 Å². The minimum absolute atomic E-state index is 0.255. The largest absolute Gasteiger partial charge is 0.494 e. The van der Waals surface area contributed by atoms with E-state index in [1.165, 1.54) is 5.56 Å². The topological polar surface area (TPSA) is 64.4 Å². The fourth-order valence-electron chi connectivity index (χ4n) is 3.60. The van der Waals surface area contributed by atoms with Crippen molar-refractivity contribution in [2.45, 2.75) is 46.0 Å². The van der Waals surface area contributed by atoms with E-state index in [0.29, 0.717) is 34.7 Å². The van der Waals surface area contributed by atoms with Crippen molar-refractivity contribution < 1.29 is 13.9 Å². The number of fused-ring (bicyclic) bond motifs is 1. The molecule has 1 amide bonds. The number of hydrogen-bond acceptors (Lipinski definition) is 4. The maximum Gasteiger partial charge on any atom is 0.255 e. The lowest BCUT2D eigenvalue weighted by atomic mass is 9.98. The van der Waals surface area contributed by atoms with E-state index in [1.54, 1.807) is 36.4 Å². The predicted octanol–water partition coefficient (Wildman–Crippen LogP) is 8.09. The molecule has 0 radical (unpaired) electrons. The number of rotatable bonds is 9. The number of carbonyl (C=O) groups excluding carboxylic acids is 1. The quantitative estimate of drug-likeness (QED) is 0.248. The number of carbonyl (C=O) groups is 1. The molecule has 34 heavy (non-hydrogen) atoms. The number of oxazole rings is 1. The number of nitrogens with zero attached hydrogens (tertiary/aromatic N) is 1. The normalized spacial score (nSPS) is 12.0. The van der Waals surface area contributed by atoms with Crippen LogP contribution in [0.25, 0.3) is 22.6 Å². The summed E-state index contributed by atoms with van der Waals surface area (Å²) >= 11 is 6.38. The molecular formula is C28H29ClN2O3. The highest BCUT2D eigenvalue weighted by Crippen LogP contribution is 2.32. The van der Waals surface area contributed by atoms with Crippen LogP contribution in [0.2, 0.25) is 5.02 Å². The van der Waals surface area contributed by atoms with Crippen molar-refractivity contribution in [2.75, 3.05) is 11.9 Å². The van der Waals surface area contributed by atoms with E-state index in [1.807, 2.05) is 12.1 Å². The van der Waals surface area contributed by atoms with Crippen LogP contribution in [0.4, 0.5) is 5.69 Å². The molecule has 0 bridgehead atoms. The summed E-state index contributed by atoms with van der Waals surface area (Å²) in [4.78, 5) is 17.5. The lowest BCUT2D eigenvalue weighted by Crippen LogP contribution is -2.12. The fourth-order valence-corrected chi connectivity index (χ4v) is 3.76. The lowest BCUT2D eigenvalue weighted by molar-refractivity contribution is 0.102. The van der Waals surface area contributed by atoms with Crippen molar-refractivity contribution in [1.82, 2.24) is 4.98 Å². The van der Waals surface area contributed by atoms with Gasteiger partial charge in [0.1, 0.15) is 11.3 Å². The zero-order chi connectivity index (χ0) is 24.1. The van der Waals surface area contributed by atoms with Gasteiger partial charge >= 0.3 is 0 Å². The van der Waals surface area contributed by atoms with Gasteiger partial charge in [0.15, 0.2) is 5.58 Å². The van der Waals surface area contributed by atoms with Gasteiger partial charge in [-0.25, -0.2) is 4.98 Å². The Balaban J connectivity index is 1.52. The second-order valence-electron chi connectivity index (χ2n) is 8.43. The van der Waals surface area contributed by atoms with E-state index in [2.05, 4.69) is 43.2 Å². The smallest absolute Gasteiger partial charge is 0.255 e. The number of amides is 1. The Morgan fingerprint density at radius 3 is 2.62 bits per heavy atom. The molecule has 0 fully saturated rings. The van der Waals surface area contributed by atoms with E-state index in [4.69, 9.17) is 20.8 Å². The van der Waals surface area contributed by atoms with Crippen LogP contribution in [0.3, 0.4) is 0 Å². The number of aromatic nitrogens is 1. The van der Waals surface area contributed by atoms with Gasteiger partial charge in [-0.1, -0.05) is 44.9 Å². The predicted molar refractivity (Wildman–Crippen MR) is 138 cm³/mol. The van der Waals surface area contributed by atoms with E-state index < -0.39 is 0 Å². The Labute approximate surface area is 205 Å². The minimum atomic E-state index is -0.255. The van der Waals surface area contributed by atoms with Crippen LogP contribution in [-0.2, 0) is 0 Å². The van der Waals surface area contributed by atoms with Crippen molar-refractivity contribution >= 4 is 34.3 Å². The highest BCUT2D eigenvalue weighted by molar-refractivity contribution is 6.34. The number of unbranched alkanes of at least 4 members (excludes halogenated alkanes) is 1. The first kappa shape index (κ1) is 23.8. The zero-order valence-corrected chi connectivity index (χ0v) is 20.5. The maximum absolute atomic E-state index is 12.8. The van der Waals surface area contributed by atoms with Gasteiger partial charge in [-0.2, -0.15) is 0 Å². The van der Waals surface area contributed by atoms with Gasteiger partial charge in [0.25, 0.3) is 5.91 Å². The molecule has 0 aliphatic rings. The SMILES string of the molecule is CCCCOc1ccc(C(=O)Nc2cc(-c3nc4cc([C@H](C)CC)ccc4o3)ccc2Cl)cc1. The molecule has 0 spiro atoms. The van der Waals surface area contributed by atoms with Gasteiger partial charge in [0.2, 0.25) is 5.89 Å². The minimum Gasteiger partial charge on any atom is -0.494 e. The highest BCUT2D eigenvalue weighted by atomic mass is 35.5. The summed E-state index contributed by atoms with van der Waals surface area (Å²) in [6, 6.07) is 18.5. The second kappa shape index (κ2) is 10.7. The Morgan fingerprint density at radius 1 is 1.09 bits per heavy atom. The summed E-state index contributed by atoms with van der Waals surface area (Å²) in [7, 11) is 0. The molecule has 5 nitrogen and oxygen atoms in total. The molecule has 0 saturated heterocycles. The Morgan fingerprint density at radius 2 is 1.88 bits per heavy atom. The van der Waals surface area contributed by atoms with Gasteiger partial charge < -0.3 is 14.5 Å². The van der Waals surface area contributed by atoms with Gasteiger partial charge in [0.05, 0.1) is 17.3 Å². The monoisotopic (exact) mass is 476 g/mol. The maximum atomic E-state index is 12.8. The van der Waals surface area contributed by atoms with E-state index in [0.717, 1.165) is 41.7 Å². The average molecular weight is 477 g/mol. The molecule has 1 heterocycles. The molecule has 4 rings (SSSR count). The molecule has 0 aliphatic carbocycles. The summed E-state index contributed by atoms with van der Waals surface area (Å²) < 4.78 is 11.6. The molecule has 1 N–H and O–H groups in total. The van der Waals surface area contributed by atoms with Crippen LogP contribution in [0.15, 0.2) is 65.1 Å². The molecule has 4 aromatic rings. The van der Waals surface area contributed by atoms with E-state index in [9.17, 15) is 4.79 Å². The molecule has 176 valence electrons. The third kappa shape index (κ3) is 5.42. The summed E-state index contributed by atoms with van der Waals surface area (Å²) in [6.07, 6.45) is 3.13. The van der Waals surface area contributed by atoms with Gasteiger partial charge in [-0.15, -0.1) is 0 Å². The van der Waals surface area contributed by atoms with Crippen LogP contribution in [-0.4, -0.2) is 17.5 Å². The van der Waals surface area contributed by atoms with E-state index in [-0.39, 0.29) is 5.91 Å². The first-order chi connectivity index (χ1) is 16.5. The average Bonchev–Trinajstić information content (AvgIpc) is 3.29. The summed E-state index contributed by atoms with van der Waals surface area (Å²) in [6.45, 7) is 7.15. The van der Waals surface area contributed by atoms with Crippen LogP contribution in [0, 0.1) is 0 Å². The number of benzene rings is 3. The molecule has 6 heteroatoms. The Bertz CT molecular complexity index is 1280. The standard InChI is InChI=1S/C28H29ClN2O3/c1-4-6-15-33-22-11-7-19(8-12-22)27(32)30-24-17-21(9-13-23(24)29)28-31-25-16-20(18(3)5-2)10-14-26(25)34-28/h7-14,16-18H,4-6,15H2,1-3H3,(H,30,32)/t18-/m1/s1. The highest BCUT2D eigenvalue weighted by Gasteiger charge is 2.14. The fraction of sp³-hybridized carbons (Fsp3) is 0.286. The van der Waals surface area contributed by atoms with Gasteiger partial charge in [-0.05, 0) is 78.9 Å². The first-order valence-electron chi connectivity index (χ1n) is 11.7. The van der Waals surface area contributed by atoms with Crippen molar-refractivity contribution in [3.63, 3.8) is 0 Å². The van der Waals surface area contributed by atoms with Crippen LogP contribution in [0.5, 0.6) is 5.75 Å². The molecule has 3 aromatic carbocycles. The van der Waals surface area contributed by atoms with E-state index >= 15 is 0 Å². The number of hydrogen-bond donors (Lipinski definition) is 1.